The normalized spacial score (nSPS) is 15.5. The minimum atomic E-state index is 0.172. The molecule has 2 aromatic rings. The van der Waals surface area contributed by atoms with Gasteiger partial charge in [0.25, 0.3) is 0 Å². The second-order valence-corrected chi connectivity index (χ2v) is 7.42. The number of nitrogens with zero attached hydrogens (tertiary/aromatic N) is 4. The Balaban J connectivity index is 1.73. The van der Waals surface area contributed by atoms with E-state index in [0.29, 0.717) is 5.91 Å². The topological polar surface area (TPSA) is 49.3 Å². The molecule has 1 saturated heterocycles. The first-order chi connectivity index (χ1) is 11.7. The van der Waals surface area contributed by atoms with E-state index in [-0.39, 0.29) is 5.92 Å². The third-order valence-electron chi connectivity index (χ3n) is 4.93. The SMILES string of the molecule is CCc1cc2c(N3CCN(C(=O)C(CC)CC)CC3)ncnc2s1. The van der Waals surface area contributed by atoms with Crippen LogP contribution < -0.4 is 4.90 Å². The number of piperazine rings is 1. The molecule has 0 atom stereocenters. The van der Waals surface area contributed by atoms with Gasteiger partial charge in [0.1, 0.15) is 17.0 Å². The molecule has 0 bridgehead atoms. The van der Waals surface area contributed by atoms with Crippen LogP contribution in [0.2, 0.25) is 0 Å². The second kappa shape index (κ2) is 7.47. The highest BCUT2D eigenvalue weighted by Gasteiger charge is 2.26. The number of rotatable bonds is 5. The van der Waals surface area contributed by atoms with Crippen LogP contribution in [0.25, 0.3) is 10.2 Å². The number of thiophene rings is 1. The summed E-state index contributed by atoms with van der Waals surface area (Å²) in [5.74, 6) is 1.51. The van der Waals surface area contributed by atoms with Gasteiger partial charge in [-0.1, -0.05) is 20.8 Å². The van der Waals surface area contributed by atoms with Gasteiger partial charge in [0.05, 0.1) is 5.39 Å². The van der Waals surface area contributed by atoms with Gasteiger partial charge in [0, 0.05) is 37.0 Å². The van der Waals surface area contributed by atoms with Crippen LogP contribution in [0.3, 0.4) is 0 Å². The zero-order valence-corrected chi connectivity index (χ0v) is 15.6. The highest BCUT2D eigenvalue weighted by molar-refractivity contribution is 7.18. The lowest BCUT2D eigenvalue weighted by molar-refractivity contribution is -0.136. The van der Waals surface area contributed by atoms with Crippen LogP contribution in [0.4, 0.5) is 5.82 Å². The molecule has 0 aliphatic carbocycles. The summed E-state index contributed by atoms with van der Waals surface area (Å²) in [4.78, 5) is 28.2. The van der Waals surface area contributed by atoms with Crippen LogP contribution in [0.15, 0.2) is 12.4 Å². The zero-order chi connectivity index (χ0) is 17.1. The van der Waals surface area contributed by atoms with Gasteiger partial charge in [-0.3, -0.25) is 4.79 Å². The molecule has 3 heterocycles. The summed E-state index contributed by atoms with van der Waals surface area (Å²) < 4.78 is 0. The average molecular weight is 346 g/mol. The summed E-state index contributed by atoms with van der Waals surface area (Å²) in [7, 11) is 0. The number of fused-ring (bicyclic) bond motifs is 1. The van der Waals surface area contributed by atoms with Crippen molar-refractivity contribution in [1.82, 2.24) is 14.9 Å². The molecular formula is C18H26N4OS. The molecule has 0 saturated carbocycles. The maximum Gasteiger partial charge on any atom is 0.225 e. The maximum atomic E-state index is 12.5. The van der Waals surface area contributed by atoms with Gasteiger partial charge in [-0.15, -0.1) is 11.3 Å². The molecule has 24 heavy (non-hydrogen) atoms. The van der Waals surface area contributed by atoms with E-state index in [1.54, 1.807) is 17.7 Å². The Labute approximate surface area is 147 Å². The van der Waals surface area contributed by atoms with Crippen LogP contribution in [0.5, 0.6) is 0 Å². The van der Waals surface area contributed by atoms with E-state index in [1.165, 1.54) is 4.88 Å². The van der Waals surface area contributed by atoms with E-state index >= 15 is 0 Å². The molecule has 0 aromatic carbocycles. The molecule has 0 radical (unpaired) electrons. The molecule has 0 spiro atoms. The Hall–Kier alpha value is -1.69. The largest absolute Gasteiger partial charge is 0.352 e. The molecule has 3 rings (SSSR count). The van der Waals surface area contributed by atoms with E-state index < -0.39 is 0 Å². The fourth-order valence-electron chi connectivity index (χ4n) is 3.35. The van der Waals surface area contributed by atoms with Crippen LogP contribution in [-0.2, 0) is 11.2 Å². The molecule has 130 valence electrons. The van der Waals surface area contributed by atoms with Gasteiger partial charge in [-0.2, -0.15) is 0 Å². The number of aryl methyl sites for hydroxylation is 1. The third kappa shape index (κ3) is 3.24. The van der Waals surface area contributed by atoms with Crippen molar-refractivity contribution in [2.75, 3.05) is 31.1 Å². The van der Waals surface area contributed by atoms with Crippen molar-refractivity contribution in [1.29, 1.82) is 0 Å². The van der Waals surface area contributed by atoms with E-state index in [2.05, 4.69) is 41.7 Å². The Morgan fingerprint density at radius 3 is 2.50 bits per heavy atom. The fourth-order valence-corrected chi connectivity index (χ4v) is 4.28. The number of carbonyl (C=O) groups excluding carboxylic acids is 1. The van der Waals surface area contributed by atoms with Crippen LogP contribution >= 0.6 is 11.3 Å². The summed E-state index contributed by atoms with van der Waals surface area (Å²) in [6.45, 7) is 9.62. The standard InChI is InChI=1S/C18H26N4OS/c1-4-13(5-2)18(23)22-9-7-21(8-10-22)16-15-11-14(6-3)24-17(15)20-12-19-16/h11-13H,4-10H2,1-3H3. The van der Waals surface area contributed by atoms with Crippen molar-refractivity contribution in [3.05, 3.63) is 17.3 Å². The first-order valence-electron chi connectivity index (χ1n) is 8.95. The Bertz CT molecular complexity index is 702. The Morgan fingerprint density at radius 2 is 1.88 bits per heavy atom. The highest BCUT2D eigenvalue weighted by Crippen LogP contribution is 2.31. The minimum absolute atomic E-state index is 0.172. The monoisotopic (exact) mass is 346 g/mol. The molecule has 1 aliphatic rings. The Morgan fingerprint density at radius 1 is 1.17 bits per heavy atom. The molecule has 1 amide bonds. The number of hydrogen-bond donors (Lipinski definition) is 0. The predicted molar refractivity (Wildman–Crippen MR) is 99.7 cm³/mol. The number of hydrogen-bond acceptors (Lipinski definition) is 5. The first-order valence-corrected chi connectivity index (χ1v) is 9.76. The number of amides is 1. The molecule has 0 N–H and O–H groups in total. The van der Waals surface area contributed by atoms with Crippen molar-refractivity contribution < 1.29 is 4.79 Å². The Kier molecular flexibility index (Phi) is 5.33. The second-order valence-electron chi connectivity index (χ2n) is 6.31. The lowest BCUT2D eigenvalue weighted by Crippen LogP contribution is -2.50. The minimum Gasteiger partial charge on any atom is -0.352 e. The fraction of sp³-hybridized carbons (Fsp3) is 0.611. The quantitative estimate of drug-likeness (QED) is 0.833. The molecular weight excluding hydrogens is 320 g/mol. The van der Waals surface area contributed by atoms with Gasteiger partial charge in [-0.05, 0) is 25.3 Å². The molecule has 1 fully saturated rings. The van der Waals surface area contributed by atoms with E-state index in [0.717, 1.165) is 61.5 Å². The molecule has 2 aromatic heterocycles. The molecule has 0 unspecified atom stereocenters. The lowest BCUT2D eigenvalue weighted by atomic mass is 10.0. The van der Waals surface area contributed by atoms with Crippen molar-refractivity contribution in [2.45, 2.75) is 40.0 Å². The van der Waals surface area contributed by atoms with Crippen molar-refractivity contribution in [3.63, 3.8) is 0 Å². The summed E-state index contributed by atoms with van der Waals surface area (Å²) in [5.41, 5.74) is 0. The van der Waals surface area contributed by atoms with Gasteiger partial charge in [-0.25, -0.2) is 9.97 Å². The van der Waals surface area contributed by atoms with Crippen molar-refractivity contribution >= 4 is 33.3 Å². The average Bonchev–Trinajstić information content (AvgIpc) is 3.06. The van der Waals surface area contributed by atoms with E-state index in [1.807, 2.05) is 4.90 Å². The zero-order valence-electron chi connectivity index (χ0n) is 14.8. The van der Waals surface area contributed by atoms with Crippen LogP contribution in [-0.4, -0.2) is 47.0 Å². The predicted octanol–water partition coefficient (Wildman–Crippen LogP) is 3.34. The van der Waals surface area contributed by atoms with Crippen LogP contribution in [0, 0.1) is 5.92 Å². The lowest BCUT2D eigenvalue weighted by Gasteiger charge is -2.37. The molecule has 6 heteroatoms. The maximum absolute atomic E-state index is 12.5. The van der Waals surface area contributed by atoms with E-state index in [4.69, 9.17) is 0 Å². The smallest absolute Gasteiger partial charge is 0.225 e. The van der Waals surface area contributed by atoms with Gasteiger partial charge in [0.15, 0.2) is 0 Å². The summed E-state index contributed by atoms with van der Waals surface area (Å²) >= 11 is 1.75. The number of carbonyl (C=O) groups is 1. The van der Waals surface area contributed by atoms with E-state index in [9.17, 15) is 4.79 Å². The molecule has 1 aliphatic heterocycles. The number of aromatic nitrogens is 2. The van der Waals surface area contributed by atoms with Gasteiger partial charge >= 0.3 is 0 Å². The summed E-state index contributed by atoms with van der Waals surface area (Å²) in [5, 5.41) is 1.15. The van der Waals surface area contributed by atoms with Gasteiger partial charge in [0.2, 0.25) is 5.91 Å². The van der Waals surface area contributed by atoms with Crippen LogP contribution in [0.1, 0.15) is 38.5 Å². The molecule has 5 nitrogen and oxygen atoms in total. The third-order valence-corrected chi connectivity index (χ3v) is 6.12. The highest BCUT2D eigenvalue weighted by atomic mass is 32.1. The summed E-state index contributed by atoms with van der Waals surface area (Å²) in [6.07, 6.45) is 4.54. The first kappa shape index (κ1) is 17.1. The van der Waals surface area contributed by atoms with Gasteiger partial charge < -0.3 is 9.80 Å². The summed E-state index contributed by atoms with van der Waals surface area (Å²) in [6, 6.07) is 2.22. The van der Waals surface area contributed by atoms with Crippen molar-refractivity contribution in [3.8, 4) is 0 Å². The van der Waals surface area contributed by atoms with Crippen molar-refractivity contribution in [2.24, 2.45) is 5.92 Å². The number of anilines is 1.